The molecule has 5 nitrogen and oxygen atoms in total. The van der Waals surface area contributed by atoms with Crippen LogP contribution in [0.3, 0.4) is 0 Å². The van der Waals surface area contributed by atoms with Gasteiger partial charge in [0.15, 0.2) is 0 Å². The third-order valence-corrected chi connectivity index (χ3v) is 2.89. The van der Waals surface area contributed by atoms with Gasteiger partial charge >= 0.3 is 12.1 Å². The predicted molar refractivity (Wildman–Crippen MR) is 65.3 cm³/mol. The second-order valence-corrected chi connectivity index (χ2v) is 4.53. The fourth-order valence-corrected chi connectivity index (χ4v) is 2.04. The average molecular weight is 308 g/mol. The number of aromatic nitrogens is 1. The van der Waals surface area contributed by atoms with Crippen molar-refractivity contribution in [1.82, 2.24) is 4.98 Å². The molecule has 0 unspecified atom stereocenters. The van der Waals surface area contributed by atoms with Crippen molar-refractivity contribution < 1.29 is 27.5 Å². The number of hydrogen-bond acceptors (Lipinski definition) is 5. The molecule has 2 N–H and O–H groups in total. The highest BCUT2D eigenvalue weighted by Crippen LogP contribution is 2.27. The van der Waals surface area contributed by atoms with Gasteiger partial charge in [-0.2, -0.15) is 13.2 Å². The molecule has 0 radical (unpaired) electrons. The van der Waals surface area contributed by atoms with Crippen molar-refractivity contribution in [2.45, 2.75) is 25.9 Å². The molecule has 1 aromatic heterocycles. The van der Waals surface area contributed by atoms with Crippen molar-refractivity contribution in [2.24, 2.45) is 5.73 Å². The molecule has 9 heteroatoms. The number of primary amides is 1. The van der Waals surface area contributed by atoms with Crippen LogP contribution in [0.4, 0.5) is 13.2 Å². The van der Waals surface area contributed by atoms with Gasteiger partial charge in [-0.1, -0.05) is 6.92 Å². The summed E-state index contributed by atoms with van der Waals surface area (Å²) in [5, 5.41) is 1.63. The van der Waals surface area contributed by atoms with Crippen LogP contribution in [-0.4, -0.2) is 23.0 Å². The van der Waals surface area contributed by atoms with Crippen LogP contribution < -0.4 is 5.73 Å². The molecule has 110 valence electrons. The molecule has 20 heavy (non-hydrogen) atoms. The fourth-order valence-electron chi connectivity index (χ4n) is 1.33. The number of hydrogen-bond donors (Lipinski definition) is 1. The van der Waals surface area contributed by atoms with E-state index >= 15 is 0 Å². The molecule has 0 saturated heterocycles. The Morgan fingerprint density at radius 1 is 1.45 bits per heavy atom. The maximum Gasteiger partial charge on any atom is 0.491 e. The number of carbonyl (C=O) groups is 2. The molecule has 1 heterocycles. The Bertz CT molecular complexity index is 524. The van der Waals surface area contributed by atoms with Crippen molar-refractivity contribution in [3.63, 3.8) is 0 Å². The van der Waals surface area contributed by atoms with Gasteiger partial charge in [-0.3, -0.25) is 4.79 Å². The van der Waals surface area contributed by atoms with Crippen LogP contribution in [0, 0.1) is 0 Å². The van der Waals surface area contributed by atoms with Crippen molar-refractivity contribution in [3.8, 4) is 0 Å². The van der Waals surface area contributed by atoms with Crippen molar-refractivity contribution >= 4 is 28.8 Å². The number of amides is 1. The first-order valence-corrected chi connectivity index (χ1v) is 6.37. The molecule has 0 bridgehead atoms. The van der Waals surface area contributed by atoms with E-state index in [1.54, 1.807) is 6.92 Å². The van der Waals surface area contributed by atoms with E-state index in [-0.39, 0.29) is 17.0 Å². The average Bonchev–Trinajstić information content (AvgIpc) is 2.81. The zero-order chi connectivity index (χ0) is 15.3. The molecule has 0 aliphatic carbocycles. The van der Waals surface area contributed by atoms with Gasteiger partial charge in [0.2, 0.25) is 0 Å². The highest BCUT2D eigenvalue weighted by molar-refractivity contribution is 7.11. The number of esters is 1. The SMILES string of the molecule is CCC/C(OC(=O)C(F)(F)F)=C(/C(N)=O)c1nccs1. The predicted octanol–water partition coefficient (Wildman–Crippen LogP) is 2.25. The minimum Gasteiger partial charge on any atom is -0.423 e. The van der Waals surface area contributed by atoms with E-state index in [2.05, 4.69) is 9.72 Å². The lowest BCUT2D eigenvalue weighted by Crippen LogP contribution is -2.26. The zero-order valence-electron chi connectivity index (χ0n) is 10.4. The molecule has 0 saturated carbocycles. The fraction of sp³-hybridized carbons (Fsp3) is 0.364. The number of nitrogens with zero attached hydrogens (tertiary/aromatic N) is 1. The minimum atomic E-state index is -5.15. The van der Waals surface area contributed by atoms with E-state index in [9.17, 15) is 22.8 Å². The molecule has 0 aliphatic heterocycles. The van der Waals surface area contributed by atoms with E-state index in [4.69, 9.17) is 5.73 Å². The number of nitrogens with two attached hydrogens (primary N) is 1. The molecule has 1 aromatic rings. The number of ether oxygens (including phenoxy) is 1. The molecule has 0 spiro atoms. The first kappa shape index (κ1) is 16.2. The first-order valence-electron chi connectivity index (χ1n) is 5.49. The third-order valence-electron chi connectivity index (χ3n) is 2.10. The van der Waals surface area contributed by atoms with E-state index in [0.717, 1.165) is 11.3 Å². The van der Waals surface area contributed by atoms with E-state index in [1.807, 2.05) is 0 Å². The van der Waals surface area contributed by atoms with Crippen LogP contribution >= 0.6 is 11.3 Å². The Morgan fingerprint density at radius 3 is 2.50 bits per heavy atom. The summed E-state index contributed by atoms with van der Waals surface area (Å²) in [6.07, 6.45) is -3.47. The van der Waals surface area contributed by atoms with Crippen LogP contribution in [0.25, 0.3) is 5.57 Å². The third kappa shape index (κ3) is 4.05. The van der Waals surface area contributed by atoms with Gasteiger partial charge in [0.05, 0.1) is 0 Å². The quantitative estimate of drug-likeness (QED) is 0.514. The molecule has 0 aliphatic rings. The Morgan fingerprint density at radius 2 is 2.10 bits per heavy atom. The molecule has 1 amide bonds. The number of alkyl halides is 3. The van der Waals surface area contributed by atoms with Gasteiger partial charge in [-0.05, 0) is 6.42 Å². The topological polar surface area (TPSA) is 82.3 Å². The van der Waals surface area contributed by atoms with Crippen LogP contribution in [0.2, 0.25) is 0 Å². The van der Waals surface area contributed by atoms with Crippen molar-refractivity contribution in [2.75, 3.05) is 0 Å². The zero-order valence-corrected chi connectivity index (χ0v) is 11.2. The van der Waals surface area contributed by atoms with Crippen LogP contribution in [0.15, 0.2) is 17.3 Å². The van der Waals surface area contributed by atoms with Crippen LogP contribution in [-0.2, 0) is 14.3 Å². The van der Waals surface area contributed by atoms with E-state index in [0.29, 0.717) is 6.42 Å². The van der Waals surface area contributed by atoms with Gasteiger partial charge in [0.25, 0.3) is 5.91 Å². The molecular weight excluding hydrogens is 297 g/mol. The Balaban J connectivity index is 3.22. The van der Waals surface area contributed by atoms with Gasteiger partial charge in [0.1, 0.15) is 16.3 Å². The lowest BCUT2D eigenvalue weighted by molar-refractivity contribution is -0.195. The summed E-state index contributed by atoms with van der Waals surface area (Å²) < 4.78 is 41.0. The van der Waals surface area contributed by atoms with Gasteiger partial charge in [0, 0.05) is 18.0 Å². The number of thiazole rings is 1. The summed E-state index contributed by atoms with van der Waals surface area (Å²) >= 11 is 1.01. The Labute approximate surface area is 116 Å². The Hall–Kier alpha value is -1.90. The normalized spacial score (nSPS) is 12.8. The lowest BCUT2D eigenvalue weighted by atomic mass is 10.1. The summed E-state index contributed by atoms with van der Waals surface area (Å²) in [5.41, 5.74) is 4.84. The largest absolute Gasteiger partial charge is 0.491 e. The van der Waals surface area contributed by atoms with Gasteiger partial charge in [-0.15, -0.1) is 11.3 Å². The summed E-state index contributed by atoms with van der Waals surface area (Å²) in [5.74, 6) is -3.81. The smallest absolute Gasteiger partial charge is 0.423 e. The lowest BCUT2D eigenvalue weighted by Gasteiger charge is -2.12. The number of rotatable bonds is 5. The number of carbonyl (C=O) groups excluding carboxylic acids is 2. The second-order valence-electron chi connectivity index (χ2n) is 3.64. The Kier molecular flexibility index (Phi) is 5.26. The highest BCUT2D eigenvalue weighted by Gasteiger charge is 2.42. The first-order chi connectivity index (χ1) is 9.27. The maximum atomic E-state index is 12.2. The van der Waals surface area contributed by atoms with Crippen molar-refractivity contribution in [1.29, 1.82) is 0 Å². The van der Waals surface area contributed by atoms with E-state index in [1.165, 1.54) is 11.6 Å². The van der Waals surface area contributed by atoms with Crippen LogP contribution in [0.5, 0.6) is 0 Å². The van der Waals surface area contributed by atoms with Crippen molar-refractivity contribution in [3.05, 3.63) is 22.3 Å². The van der Waals surface area contributed by atoms with Crippen LogP contribution in [0.1, 0.15) is 24.8 Å². The minimum absolute atomic E-state index is 0.0420. The molecule has 0 atom stereocenters. The number of halogens is 3. The molecule has 0 aromatic carbocycles. The molecule has 1 rings (SSSR count). The standard InChI is InChI=1S/C11H11F3N2O3S/c1-2-3-6(19-10(18)11(12,13)14)7(8(15)17)9-16-4-5-20-9/h4-5H,2-3H2,1H3,(H2,15,17)/b7-6+. The second kappa shape index (κ2) is 6.51. The summed E-state index contributed by atoms with van der Waals surface area (Å²) in [7, 11) is 0. The van der Waals surface area contributed by atoms with Gasteiger partial charge < -0.3 is 10.5 Å². The summed E-state index contributed by atoms with van der Waals surface area (Å²) in [4.78, 5) is 26.1. The summed E-state index contributed by atoms with van der Waals surface area (Å²) in [6.45, 7) is 1.65. The van der Waals surface area contributed by atoms with Gasteiger partial charge in [-0.25, -0.2) is 9.78 Å². The monoisotopic (exact) mass is 308 g/mol. The molecule has 0 fully saturated rings. The number of allylic oxidation sites excluding steroid dienone is 1. The maximum absolute atomic E-state index is 12.2. The highest BCUT2D eigenvalue weighted by atomic mass is 32.1. The van der Waals surface area contributed by atoms with E-state index < -0.39 is 23.8 Å². The molecular formula is C11H11F3N2O3S. The summed E-state index contributed by atoms with van der Waals surface area (Å²) in [6, 6.07) is 0.